The number of carbonyl (C=O) groups excluding carboxylic acids is 2. The van der Waals surface area contributed by atoms with Crippen LogP contribution in [0.1, 0.15) is 18.4 Å². The monoisotopic (exact) mass is 371 g/mol. The van der Waals surface area contributed by atoms with E-state index < -0.39 is 6.04 Å². The number of benzene rings is 2. The molecule has 1 aliphatic rings. The van der Waals surface area contributed by atoms with Crippen molar-refractivity contribution < 1.29 is 18.7 Å². The van der Waals surface area contributed by atoms with Crippen molar-refractivity contribution in [3.8, 4) is 5.75 Å². The molecule has 0 spiro atoms. The standard InChI is InChI=1S/C20H22FN3O3/c1-27-17-10-8-16(9-11-17)23-20(26)24-12-2-3-18(24)19(25)22-13-14-4-6-15(21)7-5-14/h4-11,18H,2-3,12-13H2,1H3,(H,22,25)(H,23,26)/t18-/m0/s1. The van der Waals surface area contributed by atoms with Crippen LogP contribution < -0.4 is 15.4 Å². The summed E-state index contributed by atoms with van der Waals surface area (Å²) in [6.45, 7) is 0.820. The topological polar surface area (TPSA) is 70.7 Å². The summed E-state index contributed by atoms with van der Waals surface area (Å²) in [6.07, 6.45) is 1.38. The molecule has 0 unspecified atom stereocenters. The Morgan fingerprint density at radius 3 is 2.52 bits per heavy atom. The minimum absolute atomic E-state index is 0.207. The van der Waals surface area contributed by atoms with Gasteiger partial charge in [0.25, 0.3) is 0 Å². The fourth-order valence-corrected chi connectivity index (χ4v) is 3.06. The van der Waals surface area contributed by atoms with Crippen LogP contribution in [-0.2, 0) is 11.3 Å². The summed E-state index contributed by atoms with van der Waals surface area (Å²) in [7, 11) is 1.58. The van der Waals surface area contributed by atoms with Crippen LogP contribution in [0.25, 0.3) is 0 Å². The molecule has 2 aromatic rings. The lowest BCUT2D eigenvalue weighted by molar-refractivity contribution is -0.124. The summed E-state index contributed by atoms with van der Waals surface area (Å²) in [5.41, 5.74) is 1.44. The Labute approximate surface area is 157 Å². The molecule has 0 saturated carbocycles. The second kappa shape index (κ2) is 8.53. The third-order valence-electron chi connectivity index (χ3n) is 4.54. The molecular weight excluding hydrogens is 349 g/mol. The van der Waals surface area contributed by atoms with E-state index in [1.54, 1.807) is 48.4 Å². The van der Waals surface area contributed by atoms with Crippen molar-refractivity contribution in [2.24, 2.45) is 0 Å². The Morgan fingerprint density at radius 2 is 1.85 bits per heavy atom. The molecule has 1 aliphatic heterocycles. The van der Waals surface area contributed by atoms with Crippen LogP contribution in [0.5, 0.6) is 5.75 Å². The second-order valence-corrected chi connectivity index (χ2v) is 6.35. The molecule has 6 nitrogen and oxygen atoms in total. The highest BCUT2D eigenvalue weighted by atomic mass is 19.1. The first-order valence-electron chi connectivity index (χ1n) is 8.80. The maximum absolute atomic E-state index is 12.9. The maximum Gasteiger partial charge on any atom is 0.322 e. The minimum Gasteiger partial charge on any atom is -0.497 e. The van der Waals surface area contributed by atoms with Crippen molar-refractivity contribution in [2.75, 3.05) is 19.0 Å². The first-order valence-corrected chi connectivity index (χ1v) is 8.80. The number of anilines is 1. The number of methoxy groups -OCH3 is 1. The van der Waals surface area contributed by atoms with E-state index in [1.807, 2.05) is 0 Å². The SMILES string of the molecule is COc1ccc(NC(=O)N2CCC[C@H]2C(=O)NCc2ccc(F)cc2)cc1. The van der Waals surface area contributed by atoms with Gasteiger partial charge >= 0.3 is 6.03 Å². The van der Waals surface area contributed by atoms with E-state index in [0.29, 0.717) is 30.9 Å². The molecule has 0 bridgehead atoms. The molecule has 0 radical (unpaired) electrons. The predicted molar refractivity (Wildman–Crippen MR) is 100.0 cm³/mol. The molecule has 142 valence electrons. The molecule has 3 amide bonds. The van der Waals surface area contributed by atoms with E-state index >= 15 is 0 Å². The highest BCUT2D eigenvalue weighted by molar-refractivity contribution is 5.94. The number of hydrogen-bond acceptors (Lipinski definition) is 3. The van der Waals surface area contributed by atoms with Gasteiger partial charge in [-0.15, -0.1) is 0 Å². The molecule has 7 heteroatoms. The molecule has 1 saturated heterocycles. The lowest BCUT2D eigenvalue weighted by Crippen LogP contribution is -2.47. The fourth-order valence-electron chi connectivity index (χ4n) is 3.06. The zero-order valence-corrected chi connectivity index (χ0v) is 15.1. The lowest BCUT2D eigenvalue weighted by atomic mass is 10.2. The molecule has 27 heavy (non-hydrogen) atoms. The Hall–Kier alpha value is -3.09. The molecule has 2 aromatic carbocycles. The van der Waals surface area contributed by atoms with Crippen LogP contribution in [0.15, 0.2) is 48.5 Å². The number of halogens is 1. The molecule has 1 atom stereocenters. The zero-order chi connectivity index (χ0) is 19.2. The van der Waals surface area contributed by atoms with Crippen molar-refractivity contribution in [3.05, 3.63) is 59.9 Å². The molecule has 2 N–H and O–H groups in total. The first kappa shape index (κ1) is 18.7. The normalized spacial score (nSPS) is 16.1. The largest absolute Gasteiger partial charge is 0.497 e. The highest BCUT2D eigenvalue weighted by Crippen LogP contribution is 2.20. The highest BCUT2D eigenvalue weighted by Gasteiger charge is 2.34. The van der Waals surface area contributed by atoms with Gasteiger partial charge in [0.15, 0.2) is 0 Å². The quantitative estimate of drug-likeness (QED) is 0.848. The second-order valence-electron chi connectivity index (χ2n) is 6.35. The van der Waals surface area contributed by atoms with Crippen LogP contribution in [0.2, 0.25) is 0 Å². The van der Waals surface area contributed by atoms with E-state index in [4.69, 9.17) is 4.74 Å². The number of likely N-dealkylation sites (tertiary alicyclic amines) is 1. The van der Waals surface area contributed by atoms with Gasteiger partial charge in [-0.1, -0.05) is 12.1 Å². The summed E-state index contributed by atoms with van der Waals surface area (Å²) < 4.78 is 18.0. The van der Waals surface area contributed by atoms with E-state index in [2.05, 4.69) is 10.6 Å². The van der Waals surface area contributed by atoms with Crippen LogP contribution in [0, 0.1) is 5.82 Å². The molecule has 1 heterocycles. The van der Waals surface area contributed by atoms with E-state index in [1.165, 1.54) is 12.1 Å². The molecule has 0 aliphatic carbocycles. The summed E-state index contributed by atoms with van der Waals surface area (Å²) in [4.78, 5) is 26.6. The number of rotatable bonds is 5. The zero-order valence-electron chi connectivity index (χ0n) is 15.1. The van der Waals surface area contributed by atoms with Gasteiger partial charge in [0.2, 0.25) is 5.91 Å². The average molecular weight is 371 g/mol. The van der Waals surface area contributed by atoms with Gasteiger partial charge < -0.3 is 20.3 Å². The molecular formula is C20H22FN3O3. The number of ether oxygens (including phenoxy) is 1. The Bertz CT molecular complexity index is 793. The smallest absolute Gasteiger partial charge is 0.322 e. The Kier molecular flexibility index (Phi) is 5.90. The van der Waals surface area contributed by atoms with Gasteiger partial charge in [0.1, 0.15) is 17.6 Å². The van der Waals surface area contributed by atoms with Crippen LogP contribution >= 0.6 is 0 Å². The maximum atomic E-state index is 12.9. The predicted octanol–water partition coefficient (Wildman–Crippen LogP) is 3.15. The first-order chi connectivity index (χ1) is 13.1. The average Bonchev–Trinajstić information content (AvgIpc) is 3.18. The molecule has 3 rings (SSSR count). The van der Waals surface area contributed by atoms with E-state index in [0.717, 1.165) is 12.0 Å². The minimum atomic E-state index is -0.510. The van der Waals surface area contributed by atoms with Crippen molar-refractivity contribution in [2.45, 2.75) is 25.4 Å². The van der Waals surface area contributed by atoms with Gasteiger partial charge in [0.05, 0.1) is 7.11 Å². The fraction of sp³-hybridized carbons (Fsp3) is 0.300. The summed E-state index contributed by atoms with van der Waals surface area (Å²) in [6, 6.07) is 12.1. The number of urea groups is 1. The van der Waals surface area contributed by atoms with Gasteiger partial charge in [-0.2, -0.15) is 0 Å². The van der Waals surface area contributed by atoms with Gasteiger partial charge in [0, 0.05) is 18.8 Å². The number of hydrogen-bond donors (Lipinski definition) is 2. The number of amides is 3. The Balaban J connectivity index is 1.57. The third kappa shape index (κ3) is 4.75. The molecule has 0 aromatic heterocycles. The third-order valence-corrected chi connectivity index (χ3v) is 4.54. The van der Waals surface area contributed by atoms with Crippen molar-refractivity contribution in [1.29, 1.82) is 0 Å². The van der Waals surface area contributed by atoms with E-state index in [-0.39, 0.29) is 17.8 Å². The van der Waals surface area contributed by atoms with Crippen molar-refractivity contribution >= 4 is 17.6 Å². The van der Waals surface area contributed by atoms with Gasteiger partial charge in [-0.3, -0.25) is 4.79 Å². The van der Waals surface area contributed by atoms with Crippen LogP contribution in [0.3, 0.4) is 0 Å². The summed E-state index contributed by atoms with van der Waals surface area (Å²) in [5, 5.41) is 5.63. The number of nitrogens with zero attached hydrogens (tertiary/aromatic N) is 1. The van der Waals surface area contributed by atoms with E-state index in [9.17, 15) is 14.0 Å². The summed E-state index contributed by atoms with van der Waals surface area (Å²) >= 11 is 0. The Morgan fingerprint density at radius 1 is 1.15 bits per heavy atom. The molecule has 1 fully saturated rings. The number of carbonyl (C=O) groups is 2. The lowest BCUT2D eigenvalue weighted by Gasteiger charge is -2.24. The van der Waals surface area contributed by atoms with Crippen LogP contribution in [-0.4, -0.2) is 36.5 Å². The van der Waals surface area contributed by atoms with Crippen molar-refractivity contribution in [3.63, 3.8) is 0 Å². The van der Waals surface area contributed by atoms with Crippen molar-refractivity contribution in [1.82, 2.24) is 10.2 Å². The van der Waals surface area contributed by atoms with Gasteiger partial charge in [-0.05, 0) is 54.8 Å². The van der Waals surface area contributed by atoms with Gasteiger partial charge in [-0.25, -0.2) is 9.18 Å². The number of nitrogens with one attached hydrogen (secondary N) is 2. The van der Waals surface area contributed by atoms with Crippen LogP contribution in [0.4, 0.5) is 14.9 Å². The summed E-state index contributed by atoms with van der Waals surface area (Å²) in [5.74, 6) is 0.177.